The predicted octanol–water partition coefficient (Wildman–Crippen LogP) is 1.74. The number of esters is 1. The number of rotatable bonds is 7. The second-order valence-corrected chi connectivity index (χ2v) is 8.24. The average Bonchev–Trinajstić information content (AvgIpc) is 3.38. The molecule has 0 amide bonds. The summed E-state index contributed by atoms with van der Waals surface area (Å²) >= 11 is 0. The molecule has 3 aromatic heterocycles. The maximum Gasteiger partial charge on any atom is 0.338 e. The maximum atomic E-state index is 12.6. The summed E-state index contributed by atoms with van der Waals surface area (Å²) in [6, 6.07) is 8.95. The Morgan fingerprint density at radius 2 is 1.97 bits per heavy atom. The van der Waals surface area contributed by atoms with Gasteiger partial charge in [-0.1, -0.05) is 5.16 Å². The largest absolute Gasteiger partial charge is 0.462 e. The van der Waals surface area contributed by atoms with Crippen LogP contribution in [0.15, 0.2) is 52.0 Å². The van der Waals surface area contributed by atoms with Gasteiger partial charge in [-0.05, 0) is 50.2 Å². The monoisotopic (exact) mass is 442 g/mol. The summed E-state index contributed by atoms with van der Waals surface area (Å²) in [5.74, 6) is 0.762. The van der Waals surface area contributed by atoms with Gasteiger partial charge in [0.2, 0.25) is 10.0 Å². The van der Waals surface area contributed by atoms with Crippen LogP contribution in [0.5, 0.6) is 0 Å². The Kier molecular flexibility index (Phi) is 5.48. The van der Waals surface area contributed by atoms with Gasteiger partial charge in [0.15, 0.2) is 17.3 Å². The first kappa shape index (κ1) is 20.6. The zero-order valence-electron chi connectivity index (χ0n) is 16.6. The minimum atomic E-state index is -3.82. The van der Waals surface area contributed by atoms with Gasteiger partial charge in [-0.25, -0.2) is 17.9 Å². The molecule has 11 nitrogen and oxygen atoms in total. The van der Waals surface area contributed by atoms with Crippen molar-refractivity contribution in [2.24, 2.45) is 0 Å². The molecule has 0 aliphatic carbocycles. The molecule has 0 bridgehead atoms. The molecule has 0 atom stereocenters. The number of benzene rings is 1. The van der Waals surface area contributed by atoms with E-state index in [9.17, 15) is 13.2 Å². The van der Waals surface area contributed by atoms with Crippen LogP contribution in [-0.2, 0) is 21.3 Å². The van der Waals surface area contributed by atoms with Gasteiger partial charge in [0.1, 0.15) is 0 Å². The summed E-state index contributed by atoms with van der Waals surface area (Å²) in [6.45, 7) is 3.57. The van der Waals surface area contributed by atoms with Gasteiger partial charge in [-0.2, -0.15) is 4.98 Å². The number of nitrogens with one attached hydrogen (secondary N) is 1. The Morgan fingerprint density at radius 3 is 2.65 bits per heavy atom. The van der Waals surface area contributed by atoms with Crippen LogP contribution < -0.4 is 4.72 Å². The fraction of sp³-hybridized carbons (Fsp3) is 0.211. The smallest absolute Gasteiger partial charge is 0.338 e. The lowest BCUT2D eigenvalue weighted by atomic mass is 10.2. The molecule has 12 heteroatoms. The Bertz CT molecular complexity index is 1340. The standard InChI is InChI=1S/C19H18N6O5S/c1-3-29-19(26)13-4-6-15(7-5-13)31(27,28)20-11-17-23-22-16-10-14(8-9-25(16)17)18-21-12(2)24-30-18/h4-10,20H,3,11H2,1-2H3. The molecule has 1 N–H and O–H groups in total. The Hall–Kier alpha value is -3.64. The molecule has 0 spiro atoms. The Morgan fingerprint density at radius 1 is 1.19 bits per heavy atom. The molecule has 0 aliphatic heterocycles. The van der Waals surface area contributed by atoms with Crippen molar-refractivity contribution in [3.05, 3.63) is 59.8 Å². The summed E-state index contributed by atoms with van der Waals surface area (Å²) in [7, 11) is -3.82. The van der Waals surface area contributed by atoms with Crippen LogP contribution in [0.3, 0.4) is 0 Å². The molecule has 0 unspecified atom stereocenters. The van der Waals surface area contributed by atoms with E-state index >= 15 is 0 Å². The SMILES string of the molecule is CCOC(=O)c1ccc(S(=O)(=O)NCc2nnc3cc(-c4nc(C)no4)ccn23)cc1. The number of pyridine rings is 1. The van der Waals surface area contributed by atoms with E-state index in [-0.39, 0.29) is 23.6 Å². The minimum Gasteiger partial charge on any atom is -0.462 e. The molecule has 4 rings (SSSR count). The van der Waals surface area contributed by atoms with E-state index in [1.165, 1.54) is 24.3 Å². The number of aryl methyl sites for hydroxylation is 1. The van der Waals surface area contributed by atoms with E-state index in [4.69, 9.17) is 9.26 Å². The van der Waals surface area contributed by atoms with Crippen molar-refractivity contribution < 1.29 is 22.5 Å². The van der Waals surface area contributed by atoms with Crippen LogP contribution in [0.25, 0.3) is 17.1 Å². The molecule has 1 aromatic carbocycles. The second kappa shape index (κ2) is 8.24. The van der Waals surface area contributed by atoms with E-state index in [1.54, 1.807) is 36.6 Å². The molecular formula is C19H18N6O5S. The highest BCUT2D eigenvalue weighted by atomic mass is 32.2. The molecule has 4 aromatic rings. The van der Waals surface area contributed by atoms with Crippen molar-refractivity contribution in [2.45, 2.75) is 25.3 Å². The number of carbonyl (C=O) groups is 1. The minimum absolute atomic E-state index is 0.0171. The fourth-order valence-corrected chi connectivity index (χ4v) is 3.82. The number of hydrogen-bond acceptors (Lipinski definition) is 9. The van der Waals surface area contributed by atoms with Crippen LogP contribution in [0.4, 0.5) is 0 Å². The van der Waals surface area contributed by atoms with Gasteiger partial charge in [0, 0.05) is 11.8 Å². The quantitative estimate of drug-likeness (QED) is 0.423. The number of sulfonamides is 1. The lowest BCUT2D eigenvalue weighted by molar-refractivity contribution is 0.0526. The van der Waals surface area contributed by atoms with Gasteiger partial charge >= 0.3 is 5.97 Å². The number of hydrogen-bond donors (Lipinski definition) is 1. The van der Waals surface area contributed by atoms with Crippen LogP contribution in [0.2, 0.25) is 0 Å². The van der Waals surface area contributed by atoms with Crippen molar-refractivity contribution in [2.75, 3.05) is 6.61 Å². The predicted molar refractivity (Wildman–Crippen MR) is 107 cm³/mol. The normalized spacial score (nSPS) is 11.7. The molecule has 0 fully saturated rings. The molecule has 160 valence electrons. The molecule has 0 aliphatic rings. The topological polar surface area (TPSA) is 142 Å². The fourth-order valence-electron chi connectivity index (χ4n) is 2.84. The van der Waals surface area contributed by atoms with Gasteiger partial charge in [-0.3, -0.25) is 4.40 Å². The third-order valence-corrected chi connectivity index (χ3v) is 5.77. The molecule has 0 saturated heterocycles. The van der Waals surface area contributed by atoms with Gasteiger partial charge in [0.25, 0.3) is 5.89 Å². The zero-order chi connectivity index (χ0) is 22.0. The van der Waals surface area contributed by atoms with E-state index in [2.05, 4.69) is 25.1 Å². The van der Waals surface area contributed by atoms with Crippen molar-refractivity contribution >= 4 is 21.6 Å². The number of aromatic nitrogens is 5. The summed E-state index contributed by atoms with van der Waals surface area (Å²) < 4.78 is 39.4. The average molecular weight is 442 g/mol. The lowest BCUT2D eigenvalue weighted by Crippen LogP contribution is -2.24. The highest BCUT2D eigenvalue weighted by Gasteiger charge is 2.17. The number of fused-ring (bicyclic) bond motifs is 1. The molecule has 0 radical (unpaired) electrons. The highest BCUT2D eigenvalue weighted by molar-refractivity contribution is 7.89. The summed E-state index contributed by atoms with van der Waals surface area (Å²) in [5.41, 5.74) is 1.45. The van der Waals surface area contributed by atoms with Crippen molar-refractivity contribution in [3.8, 4) is 11.5 Å². The third-order valence-electron chi connectivity index (χ3n) is 4.35. The first-order valence-corrected chi connectivity index (χ1v) is 10.8. The van der Waals surface area contributed by atoms with Crippen LogP contribution in [0.1, 0.15) is 28.9 Å². The summed E-state index contributed by atoms with van der Waals surface area (Å²) in [4.78, 5) is 15.9. The van der Waals surface area contributed by atoms with Crippen LogP contribution >= 0.6 is 0 Å². The zero-order valence-corrected chi connectivity index (χ0v) is 17.5. The number of carbonyl (C=O) groups excluding carboxylic acids is 1. The van der Waals surface area contributed by atoms with E-state index in [1.807, 2.05) is 0 Å². The van der Waals surface area contributed by atoms with Crippen molar-refractivity contribution in [3.63, 3.8) is 0 Å². The van der Waals surface area contributed by atoms with Crippen molar-refractivity contribution in [1.82, 2.24) is 29.5 Å². The van der Waals surface area contributed by atoms with E-state index < -0.39 is 16.0 Å². The molecule has 31 heavy (non-hydrogen) atoms. The summed E-state index contributed by atoms with van der Waals surface area (Å²) in [5, 5.41) is 11.9. The first-order valence-electron chi connectivity index (χ1n) is 9.28. The molecule has 0 saturated carbocycles. The van der Waals surface area contributed by atoms with Crippen LogP contribution in [0, 0.1) is 6.92 Å². The number of nitrogens with zero attached hydrogens (tertiary/aromatic N) is 5. The van der Waals surface area contributed by atoms with E-state index in [0.29, 0.717) is 28.8 Å². The van der Waals surface area contributed by atoms with Gasteiger partial charge in [0.05, 0.1) is 23.6 Å². The third kappa shape index (κ3) is 4.29. The second-order valence-electron chi connectivity index (χ2n) is 6.48. The Balaban J connectivity index is 1.49. The lowest BCUT2D eigenvalue weighted by Gasteiger charge is -2.07. The summed E-state index contributed by atoms with van der Waals surface area (Å²) in [6.07, 6.45) is 1.70. The van der Waals surface area contributed by atoms with Gasteiger partial charge in [-0.15, -0.1) is 10.2 Å². The molecule has 3 heterocycles. The Labute approximate surface area is 177 Å². The first-order chi connectivity index (χ1) is 14.9. The van der Waals surface area contributed by atoms with E-state index in [0.717, 1.165) is 0 Å². The highest BCUT2D eigenvalue weighted by Crippen LogP contribution is 2.19. The molecular weight excluding hydrogens is 424 g/mol. The maximum absolute atomic E-state index is 12.6. The van der Waals surface area contributed by atoms with Crippen molar-refractivity contribution in [1.29, 1.82) is 0 Å². The van der Waals surface area contributed by atoms with Gasteiger partial charge < -0.3 is 9.26 Å². The van der Waals surface area contributed by atoms with Crippen LogP contribution in [-0.4, -0.2) is 45.7 Å². The number of ether oxygens (including phenoxy) is 1.